The molecule has 0 spiro atoms. The van der Waals surface area contributed by atoms with Gasteiger partial charge in [0.25, 0.3) is 0 Å². The molecular weight excluding hydrogens is 316 g/mol. The fourth-order valence-corrected chi connectivity index (χ4v) is 2.41. The number of fused-ring (bicyclic) bond motifs is 1. The van der Waals surface area contributed by atoms with E-state index in [1.165, 1.54) is 0 Å². The lowest BCUT2D eigenvalue weighted by molar-refractivity contribution is -0.128. The van der Waals surface area contributed by atoms with Crippen LogP contribution in [0.1, 0.15) is 12.0 Å². The maximum absolute atomic E-state index is 12.0. The van der Waals surface area contributed by atoms with Crippen LogP contribution in [0.2, 0.25) is 0 Å². The second kappa shape index (κ2) is 9.17. The first kappa shape index (κ1) is 19.0. The first-order valence-corrected chi connectivity index (χ1v) is 7.36. The topological polar surface area (TPSA) is 86.0 Å². The first-order chi connectivity index (χ1) is 10.7. The molecule has 0 unspecified atom stereocenters. The Hall–Kier alpha value is -2.05. The molecule has 1 aromatic heterocycles. The summed E-state index contributed by atoms with van der Waals surface area (Å²) in [6.45, 7) is 0.583. The highest BCUT2D eigenvalue weighted by molar-refractivity contribution is 5.89. The van der Waals surface area contributed by atoms with Gasteiger partial charge in [0.05, 0.1) is 0 Å². The van der Waals surface area contributed by atoms with Gasteiger partial charge in [-0.1, -0.05) is 18.2 Å². The Bertz CT molecular complexity index is 656. The van der Waals surface area contributed by atoms with E-state index in [1.54, 1.807) is 14.1 Å². The lowest BCUT2D eigenvalue weighted by atomic mass is 10.0. The summed E-state index contributed by atoms with van der Waals surface area (Å²) in [7, 11) is 3.36. The summed E-state index contributed by atoms with van der Waals surface area (Å²) in [4.78, 5) is 27.1. The Balaban J connectivity index is 0.00000264. The summed E-state index contributed by atoms with van der Waals surface area (Å²) < 4.78 is 0. The molecule has 0 aliphatic carbocycles. The largest absolute Gasteiger partial charge is 0.361 e. The molecule has 1 aromatic carbocycles. The normalized spacial score (nSPS) is 11.6. The fraction of sp³-hybridized carbons (Fsp3) is 0.375. The van der Waals surface area contributed by atoms with E-state index in [-0.39, 0.29) is 24.2 Å². The number of amides is 2. The molecular formula is C16H23ClN4O2. The molecule has 4 N–H and O–H groups in total. The molecule has 6 nitrogen and oxygen atoms in total. The van der Waals surface area contributed by atoms with E-state index in [0.717, 1.165) is 16.5 Å². The zero-order valence-electron chi connectivity index (χ0n) is 13.3. The quantitative estimate of drug-likeness (QED) is 0.607. The third-order valence-corrected chi connectivity index (χ3v) is 3.60. The average Bonchev–Trinajstić information content (AvgIpc) is 2.94. The Labute approximate surface area is 141 Å². The molecule has 0 saturated carbocycles. The van der Waals surface area contributed by atoms with Crippen molar-refractivity contribution in [2.24, 2.45) is 0 Å². The van der Waals surface area contributed by atoms with E-state index >= 15 is 0 Å². The number of aromatic amines is 1. The minimum atomic E-state index is -0.575. The highest BCUT2D eigenvalue weighted by Gasteiger charge is 2.21. The van der Waals surface area contributed by atoms with E-state index < -0.39 is 6.04 Å². The van der Waals surface area contributed by atoms with Crippen molar-refractivity contribution in [3.63, 3.8) is 0 Å². The number of halogens is 1. The van der Waals surface area contributed by atoms with Crippen LogP contribution >= 0.6 is 12.4 Å². The van der Waals surface area contributed by atoms with Gasteiger partial charge in [0.2, 0.25) is 11.8 Å². The predicted octanol–water partition coefficient (Wildman–Crippen LogP) is 0.972. The van der Waals surface area contributed by atoms with Crippen molar-refractivity contribution in [1.82, 2.24) is 20.9 Å². The second-order valence-corrected chi connectivity index (χ2v) is 5.15. The summed E-state index contributed by atoms with van der Waals surface area (Å²) in [5.41, 5.74) is 2.03. The highest BCUT2D eigenvalue weighted by Crippen LogP contribution is 2.19. The smallest absolute Gasteiger partial charge is 0.242 e. The molecule has 0 bridgehead atoms. The zero-order chi connectivity index (χ0) is 15.9. The van der Waals surface area contributed by atoms with Gasteiger partial charge in [-0.2, -0.15) is 0 Å². The van der Waals surface area contributed by atoms with Crippen molar-refractivity contribution in [2.75, 3.05) is 20.6 Å². The van der Waals surface area contributed by atoms with Crippen LogP contribution in [-0.4, -0.2) is 43.5 Å². The van der Waals surface area contributed by atoms with Gasteiger partial charge >= 0.3 is 0 Å². The summed E-state index contributed by atoms with van der Waals surface area (Å²) in [6, 6.07) is 7.33. The molecule has 1 atom stereocenters. The number of carbonyl (C=O) groups is 2. The van der Waals surface area contributed by atoms with Gasteiger partial charge in [0, 0.05) is 43.5 Å². The second-order valence-electron chi connectivity index (χ2n) is 5.15. The Morgan fingerprint density at radius 3 is 2.65 bits per heavy atom. The van der Waals surface area contributed by atoms with Crippen molar-refractivity contribution < 1.29 is 9.59 Å². The molecule has 23 heavy (non-hydrogen) atoms. The van der Waals surface area contributed by atoms with Crippen molar-refractivity contribution in [3.8, 4) is 0 Å². The van der Waals surface area contributed by atoms with E-state index in [2.05, 4.69) is 20.9 Å². The summed E-state index contributed by atoms with van der Waals surface area (Å²) in [5, 5.41) is 9.40. The number of nitrogens with one attached hydrogen (secondary N) is 4. The van der Waals surface area contributed by atoms with Crippen molar-refractivity contribution in [3.05, 3.63) is 36.0 Å². The van der Waals surface area contributed by atoms with Crippen LogP contribution < -0.4 is 16.0 Å². The number of hydrogen-bond donors (Lipinski definition) is 4. The minimum absolute atomic E-state index is 0. The Kier molecular flexibility index (Phi) is 7.57. The lowest BCUT2D eigenvalue weighted by Crippen LogP contribution is -2.47. The number of likely N-dealkylation sites (N-methyl/N-ethyl adjacent to an activating group) is 1. The van der Waals surface area contributed by atoms with Crippen molar-refractivity contribution >= 4 is 35.1 Å². The number of para-hydroxylation sites is 1. The van der Waals surface area contributed by atoms with Crippen LogP contribution in [0, 0.1) is 0 Å². The van der Waals surface area contributed by atoms with Crippen LogP contribution in [0.4, 0.5) is 0 Å². The van der Waals surface area contributed by atoms with Gasteiger partial charge in [-0.05, 0) is 18.7 Å². The Morgan fingerprint density at radius 2 is 1.96 bits per heavy atom. The summed E-state index contributed by atoms with van der Waals surface area (Å²) >= 11 is 0. The number of rotatable bonds is 7. The number of H-pyrrole nitrogens is 1. The molecule has 0 aliphatic heterocycles. The lowest BCUT2D eigenvalue weighted by Gasteiger charge is -2.17. The third kappa shape index (κ3) is 4.97. The molecule has 1 heterocycles. The van der Waals surface area contributed by atoms with Crippen LogP contribution in [0.25, 0.3) is 10.9 Å². The van der Waals surface area contributed by atoms with Gasteiger partial charge in [-0.3, -0.25) is 9.59 Å². The van der Waals surface area contributed by atoms with Crippen molar-refractivity contribution in [1.29, 1.82) is 0 Å². The Morgan fingerprint density at radius 1 is 1.22 bits per heavy atom. The fourth-order valence-electron chi connectivity index (χ4n) is 2.41. The van der Waals surface area contributed by atoms with Gasteiger partial charge in [0.1, 0.15) is 6.04 Å². The monoisotopic (exact) mass is 338 g/mol. The molecule has 0 saturated heterocycles. The van der Waals surface area contributed by atoms with E-state index in [0.29, 0.717) is 19.4 Å². The van der Waals surface area contributed by atoms with Crippen LogP contribution in [0.5, 0.6) is 0 Å². The minimum Gasteiger partial charge on any atom is -0.361 e. The van der Waals surface area contributed by atoms with Crippen molar-refractivity contribution in [2.45, 2.75) is 18.9 Å². The molecule has 0 fully saturated rings. The average molecular weight is 339 g/mol. The molecule has 126 valence electrons. The third-order valence-electron chi connectivity index (χ3n) is 3.60. The maximum atomic E-state index is 12.0. The SMILES string of the molecule is CNCCC(=O)N[C@@H](Cc1c[nH]c2ccccc12)C(=O)NC.Cl. The van der Waals surface area contributed by atoms with Gasteiger partial charge < -0.3 is 20.9 Å². The molecule has 0 radical (unpaired) electrons. The van der Waals surface area contributed by atoms with Gasteiger partial charge in [-0.15, -0.1) is 12.4 Å². The molecule has 2 rings (SSSR count). The molecule has 0 aliphatic rings. The number of carbonyl (C=O) groups excluding carboxylic acids is 2. The standard InChI is InChI=1S/C16H22N4O2.ClH/c1-17-8-7-15(21)20-14(16(22)18-2)9-11-10-19-13-6-4-3-5-12(11)13;/h3-6,10,14,17,19H,7-9H2,1-2H3,(H,18,22)(H,20,21);1H/t14-;/m0./s1. The number of aromatic nitrogens is 1. The van der Waals surface area contributed by atoms with E-state index in [4.69, 9.17) is 0 Å². The number of hydrogen-bond acceptors (Lipinski definition) is 3. The van der Waals surface area contributed by atoms with E-state index in [9.17, 15) is 9.59 Å². The summed E-state index contributed by atoms with van der Waals surface area (Å²) in [5.74, 6) is -0.328. The van der Waals surface area contributed by atoms with Gasteiger partial charge in [-0.25, -0.2) is 0 Å². The molecule has 2 aromatic rings. The molecule has 7 heteroatoms. The van der Waals surface area contributed by atoms with Crippen LogP contribution in [0.15, 0.2) is 30.5 Å². The maximum Gasteiger partial charge on any atom is 0.242 e. The number of benzene rings is 1. The zero-order valence-corrected chi connectivity index (χ0v) is 14.1. The first-order valence-electron chi connectivity index (χ1n) is 7.36. The van der Waals surface area contributed by atoms with E-state index in [1.807, 2.05) is 30.5 Å². The summed E-state index contributed by atoms with van der Waals surface area (Å²) in [6.07, 6.45) is 2.69. The van der Waals surface area contributed by atoms with Crippen LogP contribution in [-0.2, 0) is 16.0 Å². The predicted molar refractivity (Wildman–Crippen MR) is 93.8 cm³/mol. The molecule has 2 amide bonds. The van der Waals surface area contributed by atoms with Gasteiger partial charge in [0.15, 0.2) is 0 Å². The highest BCUT2D eigenvalue weighted by atomic mass is 35.5. The van der Waals surface area contributed by atoms with Crippen LogP contribution in [0.3, 0.4) is 0 Å².